The number of benzene rings is 4. The van der Waals surface area contributed by atoms with Crippen LogP contribution in [0.2, 0.25) is 0 Å². The number of rotatable bonds is 7. The van der Waals surface area contributed by atoms with Gasteiger partial charge in [-0.25, -0.2) is 0 Å². The minimum absolute atomic E-state index is 0.165. The molecule has 0 spiro atoms. The third-order valence-corrected chi connectivity index (χ3v) is 11.6. The van der Waals surface area contributed by atoms with Crippen LogP contribution in [0.5, 0.6) is 0 Å². The number of nitrogens with one attached hydrogen (secondary N) is 5. The SMILES string of the molecule is Cc1ccc(C2=c3ccc([nH]3)=C(c3ccc(N)cc3)c3ccc([nH]3)C(c3ccc(C)cc3)=c3ccc([nH]3)=C(c3ccc(NC(=O)CC4=CC(=O)C=CC4=O)cc3)c3ccc2[nH]3)cc1. The first-order valence-corrected chi connectivity index (χ1v) is 20.8. The van der Waals surface area contributed by atoms with Crippen LogP contribution in [0.1, 0.15) is 62.6 Å². The van der Waals surface area contributed by atoms with Crippen LogP contribution in [0.25, 0.3) is 22.3 Å². The predicted molar refractivity (Wildman–Crippen MR) is 248 cm³/mol. The van der Waals surface area contributed by atoms with Crippen LogP contribution >= 0.6 is 0 Å². The summed E-state index contributed by atoms with van der Waals surface area (Å²) in [5.74, 6) is -1.04. The average Bonchev–Trinajstić information content (AvgIpc) is 4.13. The van der Waals surface area contributed by atoms with Gasteiger partial charge in [-0.3, -0.25) is 14.4 Å². The van der Waals surface area contributed by atoms with E-state index in [0.717, 1.165) is 88.7 Å². The summed E-state index contributed by atoms with van der Waals surface area (Å²) in [6.45, 7) is 4.18. The van der Waals surface area contributed by atoms with Crippen LogP contribution in [-0.4, -0.2) is 37.4 Å². The van der Waals surface area contributed by atoms with E-state index in [-0.39, 0.29) is 29.5 Å². The van der Waals surface area contributed by atoms with E-state index in [0.29, 0.717) is 11.4 Å². The van der Waals surface area contributed by atoms with E-state index in [9.17, 15) is 14.4 Å². The number of aryl methyl sites for hydroxylation is 2. The molecule has 0 saturated heterocycles. The normalized spacial score (nSPS) is 13.7. The largest absolute Gasteiger partial charge is 0.399 e. The Balaban J connectivity index is 1.19. The fraction of sp³-hybridized carbons (Fsp3) is 0.0556. The minimum Gasteiger partial charge on any atom is -0.399 e. The van der Waals surface area contributed by atoms with Gasteiger partial charge < -0.3 is 31.0 Å². The molecule has 0 unspecified atom stereocenters. The van der Waals surface area contributed by atoms with Gasteiger partial charge in [0.15, 0.2) is 11.6 Å². The molecule has 10 rings (SSSR count). The Labute approximate surface area is 362 Å². The molecule has 1 aliphatic heterocycles. The lowest BCUT2D eigenvalue weighted by molar-refractivity contribution is -0.118. The van der Waals surface area contributed by atoms with Gasteiger partial charge in [0.25, 0.3) is 0 Å². The van der Waals surface area contributed by atoms with E-state index >= 15 is 0 Å². The van der Waals surface area contributed by atoms with Crippen LogP contribution in [-0.2, 0) is 14.4 Å². The summed E-state index contributed by atoms with van der Waals surface area (Å²) in [6.07, 6.45) is 3.43. The molecule has 0 fully saturated rings. The molecule has 7 N–H and O–H groups in total. The number of amides is 1. The van der Waals surface area contributed by atoms with Crippen molar-refractivity contribution in [1.82, 2.24) is 19.9 Å². The molecule has 5 heterocycles. The number of allylic oxidation sites excluding steroid dienone is 3. The van der Waals surface area contributed by atoms with Crippen molar-refractivity contribution in [2.75, 3.05) is 11.1 Å². The molecule has 1 amide bonds. The highest BCUT2D eigenvalue weighted by molar-refractivity contribution is 6.19. The van der Waals surface area contributed by atoms with E-state index in [2.05, 4.69) is 148 Å². The zero-order chi connectivity index (χ0) is 43.2. The van der Waals surface area contributed by atoms with Crippen molar-refractivity contribution >= 4 is 51.1 Å². The Kier molecular flexibility index (Phi) is 9.76. The lowest BCUT2D eigenvalue weighted by Gasteiger charge is -2.11. The maximum atomic E-state index is 13.1. The molecule has 1 aliphatic carbocycles. The average molecular weight is 823 g/mol. The number of carbonyl (C=O) groups excluding carboxylic acids is 3. The summed E-state index contributed by atoms with van der Waals surface area (Å²) in [5, 5.41) is 6.58. The highest BCUT2D eigenvalue weighted by Gasteiger charge is 2.20. The van der Waals surface area contributed by atoms with Crippen molar-refractivity contribution in [3.05, 3.63) is 247 Å². The second-order valence-electron chi connectivity index (χ2n) is 16.1. The Bertz CT molecular complexity index is 3440. The second-order valence-corrected chi connectivity index (χ2v) is 16.1. The van der Waals surface area contributed by atoms with Gasteiger partial charge >= 0.3 is 0 Å². The summed E-state index contributed by atoms with van der Waals surface area (Å²) >= 11 is 0. The number of anilines is 2. The summed E-state index contributed by atoms with van der Waals surface area (Å²) < 4.78 is 0. The van der Waals surface area contributed by atoms with Gasteiger partial charge in [-0.15, -0.1) is 0 Å². The van der Waals surface area contributed by atoms with E-state index in [1.54, 1.807) is 0 Å². The quantitative estimate of drug-likeness (QED) is 0.0808. The lowest BCUT2D eigenvalue weighted by atomic mass is 10.00. The number of ketones is 2. The van der Waals surface area contributed by atoms with Crippen molar-refractivity contribution in [2.45, 2.75) is 20.3 Å². The summed E-state index contributed by atoms with van der Waals surface area (Å²) in [5.41, 5.74) is 21.6. The second kappa shape index (κ2) is 15.9. The van der Waals surface area contributed by atoms with Crippen LogP contribution in [0.15, 0.2) is 169 Å². The molecule has 9 heteroatoms. The van der Waals surface area contributed by atoms with E-state index in [1.807, 2.05) is 36.4 Å². The predicted octanol–water partition coefficient (Wildman–Crippen LogP) is 6.46. The van der Waals surface area contributed by atoms with Gasteiger partial charge in [0.05, 0.1) is 6.42 Å². The Morgan fingerprint density at radius 2 is 0.857 bits per heavy atom. The molecular formula is C54H42N6O3. The summed E-state index contributed by atoms with van der Waals surface area (Å²) in [7, 11) is 0. The van der Waals surface area contributed by atoms with Crippen LogP contribution in [0.3, 0.4) is 0 Å². The minimum atomic E-state index is -0.387. The molecule has 0 radical (unpaired) electrons. The van der Waals surface area contributed by atoms with Crippen LogP contribution in [0, 0.1) is 13.8 Å². The molecule has 4 aromatic heterocycles. The van der Waals surface area contributed by atoms with Crippen molar-refractivity contribution in [2.24, 2.45) is 0 Å². The Morgan fingerprint density at radius 3 is 1.27 bits per heavy atom. The standard InChI is InChI=1S/C54H42N6O3/c1-31-3-7-33(8-4-31)51-41-20-24-45(57-41)53(35-11-15-38(55)16-12-35)46-25-21-42(58-46)52(34-9-5-32(2)6-10-34)44-23-27-48(60-44)54(47-26-22-43(51)59-47)36-13-17-39(18-14-36)56-50(63)30-37-29-40(61)19-28-49(37)62/h3-29,57-60H,30,55H2,1-2H3,(H,56,63). The highest BCUT2D eigenvalue weighted by atomic mass is 16.2. The Hall–Kier alpha value is -8.43. The van der Waals surface area contributed by atoms with E-state index in [1.165, 1.54) is 29.4 Å². The first-order valence-electron chi connectivity index (χ1n) is 20.8. The maximum Gasteiger partial charge on any atom is 0.228 e. The molecule has 306 valence electrons. The number of fused-ring (bicyclic) bond motifs is 8. The number of nitrogen functional groups attached to an aromatic ring is 1. The van der Waals surface area contributed by atoms with Gasteiger partial charge in [0.1, 0.15) is 0 Å². The first-order chi connectivity index (χ1) is 30.6. The number of aromatic nitrogens is 4. The number of aromatic amines is 4. The Morgan fingerprint density at radius 1 is 0.476 bits per heavy atom. The molecule has 0 atom stereocenters. The molecular weight excluding hydrogens is 781 g/mol. The van der Waals surface area contributed by atoms with Gasteiger partial charge in [0, 0.05) is 83.4 Å². The molecule has 8 bridgehead atoms. The monoisotopic (exact) mass is 822 g/mol. The third kappa shape index (κ3) is 7.64. The van der Waals surface area contributed by atoms with Crippen molar-refractivity contribution in [3.8, 4) is 0 Å². The number of hydrogen-bond acceptors (Lipinski definition) is 4. The van der Waals surface area contributed by atoms with E-state index < -0.39 is 0 Å². The van der Waals surface area contributed by atoms with Gasteiger partial charge in [0.2, 0.25) is 5.91 Å². The number of nitrogens with two attached hydrogens (primary N) is 1. The fourth-order valence-electron chi connectivity index (χ4n) is 8.45. The van der Waals surface area contributed by atoms with Crippen molar-refractivity contribution in [1.29, 1.82) is 0 Å². The van der Waals surface area contributed by atoms with Crippen LogP contribution < -0.4 is 32.4 Å². The summed E-state index contributed by atoms with van der Waals surface area (Å²) in [4.78, 5) is 52.5. The third-order valence-electron chi connectivity index (χ3n) is 11.6. The molecule has 4 aromatic carbocycles. The van der Waals surface area contributed by atoms with Gasteiger partial charge in [-0.2, -0.15) is 0 Å². The van der Waals surface area contributed by atoms with Crippen molar-refractivity contribution < 1.29 is 14.4 Å². The number of H-pyrrole nitrogens is 4. The molecule has 9 nitrogen and oxygen atoms in total. The lowest BCUT2D eigenvalue weighted by Crippen LogP contribution is -2.19. The zero-order valence-corrected chi connectivity index (χ0v) is 34.6. The highest BCUT2D eigenvalue weighted by Crippen LogP contribution is 2.29. The molecule has 2 aliphatic rings. The van der Waals surface area contributed by atoms with E-state index in [4.69, 9.17) is 5.73 Å². The zero-order valence-electron chi connectivity index (χ0n) is 34.6. The van der Waals surface area contributed by atoms with Gasteiger partial charge in [-0.1, -0.05) is 83.9 Å². The maximum absolute atomic E-state index is 13.1. The topological polar surface area (TPSA) is 152 Å². The fourth-order valence-corrected chi connectivity index (χ4v) is 8.45. The molecule has 0 saturated carbocycles. The number of hydrogen-bond donors (Lipinski definition) is 6. The molecule has 8 aromatic rings. The van der Waals surface area contributed by atoms with Gasteiger partial charge in [-0.05, 0) is 127 Å². The van der Waals surface area contributed by atoms with Crippen molar-refractivity contribution in [3.63, 3.8) is 0 Å². The number of carbonyl (C=O) groups is 3. The molecule has 63 heavy (non-hydrogen) atoms. The first kappa shape index (κ1) is 38.8. The van der Waals surface area contributed by atoms with Crippen LogP contribution in [0.4, 0.5) is 11.4 Å². The summed E-state index contributed by atoms with van der Waals surface area (Å²) in [6, 6.07) is 49.7. The smallest absolute Gasteiger partial charge is 0.228 e.